The molecule has 4 heteroatoms. The number of halogens is 1. The maximum absolute atomic E-state index is 14.0. The van der Waals surface area contributed by atoms with Gasteiger partial charge in [0.1, 0.15) is 5.67 Å². The van der Waals surface area contributed by atoms with Crippen molar-refractivity contribution < 1.29 is 9.50 Å². The molecule has 2 rings (SSSR count). The lowest BCUT2D eigenvalue weighted by Crippen LogP contribution is -2.40. The summed E-state index contributed by atoms with van der Waals surface area (Å²) in [6.45, 7) is 10.8. The number of allylic oxidation sites excluding steroid dienone is 4. The van der Waals surface area contributed by atoms with Crippen molar-refractivity contribution in [1.82, 2.24) is 0 Å². The van der Waals surface area contributed by atoms with E-state index in [-0.39, 0.29) is 17.9 Å². The van der Waals surface area contributed by atoms with Crippen LogP contribution in [0.3, 0.4) is 0 Å². The Morgan fingerprint density at radius 3 is 2.73 bits per heavy atom. The van der Waals surface area contributed by atoms with Crippen LogP contribution in [0, 0.1) is 11.3 Å². The highest BCUT2D eigenvalue weighted by Crippen LogP contribution is 2.42. The fraction of sp³-hybridized carbons (Fsp3) is 0.727. The second-order valence-electron chi connectivity index (χ2n) is 8.96. The summed E-state index contributed by atoms with van der Waals surface area (Å²) in [7, 11) is 0. The lowest BCUT2D eigenvalue weighted by atomic mass is 9.70. The van der Waals surface area contributed by atoms with Crippen molar-refractivity contribution in [2.45, 2.75) is 78.8 Å². The van der Waals surface area contributed by atoms with E-state index in [2.05, 4.69) is 31.0 Å². The largest absolute Gasteiger partial charge is 0.396 e. The molecule has 0 atom stereocenters. The summed E-state index contributed by atoms with van der Waals surface area (Å²) >= 11 is 0. The highest BCUT2D eigenvalue weighted by Gasteiger charge is 2.42. The molecule has 0 radical (unpaired) electrons. The molecule has 0 spiro atoms. The van der Waals surface area contributed by atoms with E-state index >= 15 is 0 Å². The fourth-order valence-electron chi connectivity index (χ4n) is 3.85. The van der Waals surface area contributed by atoms with Crippen LogP contribution in [-0.4, -0.2) is 35.4 Å². The van der Waals surface area contributed by atoms with Gasteiger partial charge in [-0.15, -0.1) is 0 Å². The van der Waals surface area contributed by atoms with Gasteiger partial charge in [-0.05, 0) is 64.4 Å². The number of aliphatic hydroxyl groups excluding tert-OH is 1. The van der Waals surface area contributed by atoms with Gasteiger partial charge < -0.3 is 5.11 Å². The zero-order valence-corrected chi connectivity index (χ0v) is 17.1. The Kier molecular flexibility index (Phi) is 6.95. The third kappa shape index (κ3) is 6.15. The van der Waals surface area contributed by atoms with Gasteiger partial charge in [0.05, 0.1) is 0 Å². The number of aliphatic hydroxyl groups is 1. The topological polar surface area (TPSA) is 45.0 Å². The van der Waals surface area contributed by atoms with E-state index in [0.29, 0.717) is 12.8 Å². The van der Waals surface area contributed by atoms with Crippen LogP contribution in [0.4, 0.5) is 4.39 Å². The summed E-state index contributed by atoms with van der Waals surface area (Å²) in [6, 6.07) is 0. The Bertz CT molecular complexity index is 618. The van der Waals surface area contributed by atoms with Gasteiger partial charge in [-0.1, -0.05) is 25.5 Å². The summed E-state index contributed by atoms with van der Waals surface area (Å²) in [5.74, 6) is 0.245. The molecule has 1 aliphatic carbocycles. The number of rotatable bonds is 6. The Hall–Kier alpha value is -1.29. The van der Waals surface area contributed by atoms with E-state index < -0.39 is 5.67 Å². The Morgan fingerprint density at radius 1 is 1.46 bits per heavy atom. The van der Waals surface area contributed by atoms with Crippen molar-refractivity contribution in [3.63, 3.8) is 0 Å². The van der Waals surface area contributed by atoms with Crippen LogP contribution in [0.25, 0.3) is 0 Å². The van der Waals surface area contributed by atoms with Crippen molar-refractivity contribution in [1.29, 1.82) is 0 Å². The normalized spacial score (nSPS) is 31.6. The van der Waals surface area contributed by atoms with Gasteiger partial charge in [0.25, 0.3) is 0 Å². The molecule has 0 bridgehead atoms. The molecule has 26 heavy (non-hydrogen) atoms. The summed E-state index contributed by atoms with van der Waals surface area (Å²) in [5, 5.41) is 9.62. The Labute approximate surface area is 158 Å². The van der Waals surface area contributed by atoms with E-state index in [1.165, 1.54) is 5.57 Å². The molecule has 0 amide bonds. The molecule has 1 N–H and O–H groups in total. The molecule has 0 aromatic carbocycles. The molecule has 0 saturated heterocycles. The lowest BCUT2D eigenvalue weighted by Gasteiger charge is -2.39. The zero-order valence-electron chi connectivity index (χ0n) is 17.1. The number of hydrogen-bond donors (Lipinski definition) is 1. The quantitative estimate of drug-likeness (QED) is 0.627. The van der Waals surface area contributed by atoms with Gasteiger partial charge in [-0.25, -0.2) is 4.39 Å². The van der Waals surface area contributed by atoms with Crippen LogP contribution < -0.4 is 0 Å². The summed E-state index contributed by atoms with van der Waals surface area (Å²) in [4.78, 5) is 9.47. The van der Waals surface area contributed by atoms with Crippen LogP contribution in [0.15, 0.2) is 33.4 Å². The van der Waals surface area contributed by atoms with Crippen LogP contribution >= 0.6 is 0 Å². The molecule has 0 aromatic heterocycles. The van der Waals surface area contributed by atoms with Crippen molar-refractivity contribution in [2.75, 3.05) is 13.2 Å². The monoisotopic (exact) mass is 362 g/mol. The summed E-state index contributed by atoms with van der Waals surface area (Å²) < 4.78 is 14.0. The molecule has 146 valence electrons. The predicted octanol–water partition coefficient (Wildman–Crippen LogP) is 5.45. The first-order valence-corrected chi connectivity index (χ1v) is 9.91. The molecular formula is C22H35FN2O. The third-order valence-electron chi connectivity index (χ3n) is 5.24. The second kappa shape index (κ2) is 8.60. The van der Waals surface area contributed by atoms with Crippen molar-refractivity contribution in [2.24, 2.45) is 21.3 Å². The smallest absolute Gasteiger partial charge is 0.109 e. The van der Waals surface area contributed by atoms with Crippen molar-refractivity contribution >= 4 is 11.4 Å². The molecule has 1 aliphatic heterocycles. The average Bonchev–Trinajstić information content (AvgIpc) is 2.49. The minimum atomic E-state index is -1.03. The predicted molar refractivity (Wildman–Crippen MR) is 109 cm³/mol. The van der Waals surface area contributed by atoms with E-state index in [4.69, 9.17) is 4.99 Å². The van der Waals surface area contributed by atoms with E-state index in [1.54, 1.807) is 6.92 Å². The number of nitrogens with zero attached hydrogens (tertiary/aromatic N) is 2. The van der Waals surface area contributed by atoms with Gasteiger partial charge in [0, 0.05) is 42.6 Å². The second-order valence-corrected chi connectivity index (χ2v) is 8.96. The summed E-state index contributed by atoms with van der Waals surface area (Å²) in [5.41, 5.74) is 3.34. The molecule has 3 nitrogen and oxygen atoms in total. The molecule has 0 unspecified atom stereocenters. The van der Waals surface area contributed by atoms with Gasteiger partial charge in [-0.3, -0.25) is 9.98 Å². The maximum atomic E-state index is 14.0. The first-order valence-electron chi connectivity index (χ1n) is 9.91. The molecular weight excluding hydrogens is 327 g/mol. The van der Waals surface area contributed by atoms with Gasteiger partial charge in [0.2, 0.25) is 0 Å². The highest BCUT2D eigenvalue weighted by molar-refractivity contribution is 5.99. The van der Waals surface area contributed by atoms with Crippen molar-refractivity contribution in [3.05, 3.63) is 23.4 Å². The maximum Gasteiger partial charge on any atom is 0.109 e. The van der Waals surface area contributed by atoms with E-state index in [0.717, 1.165) is 49.3 Å². The first kappa shape index (κ1) is 21.0. The summed E-state index contributed by atoms with van der Waals surface area (Å²) in [6.07, 6.45) is 9.09. The number of hydrogen-bond acceptors (Lipinski definition) is 3. The molecule has 1 saturated carbocycles. The van der Waals surface area contributed by atoms with Crippen LogP contribution in [-0.2, 0) is 0 Å². The third-order valence-corrected chi connectivity index (χ3v) is 5.24. The first-order chi connectivity index (χ1) is 12.1. The van der Waals surface area contributed by atoms with E-state index in [1.807, 2.05) is 13.8 Å². The number of aliphatic imine (C=N–C) groups is 2. The molecule has 1 fully saturated rings. The Morgan fingerprint density at radius 2 is 2.15 bits per heavy atom. The van der Waals surface area contributed by atoms with Gasteiger partial charge in [-0.2, -0.15) is 0 Å². The van der Waals surface area contributed by atoms with Crippen LogP contribution in [0.2, 0.25) is 0 Å². The minimum Gasteiger partial charge on any atom is -0.396 e. The molecule has 2 aliphatic rings. The van der Waals surface area contributed by atoms with E-state index in [9.17, 15) is 9.50 Å². The SMILES string of the molecule is CCN=C(/C=C1/CC/C=C(\C)N=C(CC(C)(C)CO)C1)C1CC(C)(F)C1. The minimum absolute atomic E-state index is 0.146. The Balaban J connectivity index is 2.20. The van der Waals surface area contributed by atoms with Crippen LogP contribution in [0.5, 0.6) is 0 Å². The van der Waals surface area contributed by atoms with Gasteiger partial charge >= 0.3 is 0 Å². The van der Waals surface area contributed by atoms with Gasteiger partial charge in [0.15, 0.2) is 0 Å². The molecule has 0 aromatic rings. The molecule has 1 heterocycles. The fourth-order valence-corrected chi connectivity index (χ4v) is 3.85. The number of alkyl halides is 1. The average molecular weight is 363 g/mol. The van der Waals surface area contributed by atoms with Crippen LogP contribution in [0.1, 0.15) is 73.1 Å². The van der Waals surface area contributed by atoms with Crippen molar-refractivity contribution in [3.8, 4) is 0 Å². The zero-order chi connectivity index (χ0) is 19.4. The lowest BCUT2D eigenvalue weighted by molar-refractivity contribution is 0.0566. The highest BCUT2D eigenvalue weighted by atomic mass is 19.1. The standard InChI is InChI=1S/C22H35FN2O/c1-6-24-20(18-12-22(5,23)13-18)11-17-9-7-8-16(2)25-19(10-17)14-21(3,4)15-26/h8,11,18,26H,6-7,9-10,12-15H2,1-5H3/b16-8+,17-11-,24-20?,25-19?.